The summed E-state index contributed by atoms with van der Waals surface area (Å²) in [5.41, 5.74) is 1.15. The minimum absolute atomic E-state index is 0. The fourth-order valence-electron chi connectivity index (χ4n) is 2.32. The molecule has 5 nitrogen and oxygen atoms in total. The van der Waals surface area contributed by atoms with Crippen molar-refractivity contribution in [3.63, 3.8) is 0 Å². The molecule has 0 spiro atoms. The number of nitrogens with one attached hydrogen (secondary N) is 2. The molecule has 0 aliphatic carbocycles. The van der Waals surface area contributed by atoms with Crippen LogP contribution in [0.15, 0.2) is 23.3 Å². The number of nitrogens with zero attached hydrogens (tertiary/aromatic N) is 2. The van der Waals surface area contributed by atoms with Crippen LogP contribution in [0.1, 0.15) is 24.8 Å². The summed E-state index contributed by atoms with van der Waals surface area (Å²) in [5, 5.41) is 7.14. The molecule has 0 aromatic carbocycles. The highest BCUT2D eigenvalue weighted by molar-refractivity contribution is 14.0. The molecule has 1 aliphatic rings. The Labute approximate surface area is 154 Å². The number of hydrogen-bond acceptors (Lipinski definition) is 3. The van der Waals surface area contributed by atoms with Crippen molar-refractivity contribution in [3.05, 3.63) is 29.0 Å². The van der Waals surface area contributed by atoms with Crippen LogP contribution in [-0.2, 0) is 11.2 Å². The lowest BCUT2D eigenvalue weighted by Crippen LogP contribution is -2.39. The Morgan fingerprint density at radius 3 is 2.86 bits per heavy atom. The van der Waals surface area contributed by atoms with E-state index in [1.54, 1.807) is 13.2 Å². The zero-order valence-corrected chi connectivity index (χ0v) is 15.9. The van der Waals surface area contributed by atoms with E-state index in [4.69, 9.17) is 16.3 Å². The third-order valence-electron chi connectivity index (χ3n) is 3.50. The maximum absolute atomic E-state index is 5.76. The Hall–Kier alpha value is -0.600. The van der Waals surface area contributed by atoms with Gasteiger partial charge < -0.3 is 15.4 Å². The zero-order valence-electron chi connectivity index (χ0n) is 12.8. The van der Waals surface area contributed by atoms with Crippen LogP contribution in [-0.4, -0.2) is 43.8 Å². The molecule has 1 unspecified atom stereocenters. The molecule has 0 bridgehead atoms. The van der Waals surface area contributed by atoms with E-state index in [2.05, 4.69) is 20.6 Å². The van der Waals surface area contributed by atoms with Crippen LogP contribution in [0.25, 0.3) is 0 Å². The number of rotatable bonds is 6. The van der Waals surface area contributed by atoms with Crippen molar-refractivity contribution in [2.24, 2.45) is 4.99 Å². The van der Waals surface area contributed by atoms with Gasteiger partial charge in [-0.3, -0.25) is 4.99 Å². The van der Waals surface area contributed by atoms with Gasteiger partial charge in [-0.15, -0.1) is 24.0 Å². The van der Waals surface area contributed by atoms with Gasteiger partial charge in [-0.1, -0.05) is 17.7 Å². The maximum Gasteiger partial charge on any atom is 0.190 e. The van der Waals surface area contributed by atoms with Gasteiger partial charge in [0.05, 0.1) is 6.10 Å². The molecule has 1 fully saturated rings. The molecule has 0 saturated carbocycles. The molecule has 0 amide bonds. The predicted molar refractivity (Wildman–Crippen MR) is 101 cm³/mol. The molecular weight excluding hydrogens is 415 g/mol. The Balaban J connectivity index is 0.00000242. The van der Waals surface area contributed by atoms with Crippen molar-refractivity contribution in [3.8, 4) is 0 Å². The van der Waals surface area contributed by atoms with Crippen molar-refractivity contribution in [1.29, 1.82) is 0 Å². The van der Waals surface area contributed by atoms with Crippen molar-refractivity contribution in [1.82, 2.24) is 15.6 Å². The molecule has 22 heavy (non-hydrogen) atoms. The minimum atomic E-state index is 0. The number of halogens is 2. The number of pyridine rings is 1. The first-order chi connectivity index (χ1) is 10.3. The van der Waals surface area contributed by atoms with E-state index in [9.17, 15) is 0 Å². The van der Waals surface area contributed by atoms with Crippen LogP contribution in [0.3, 0.4) is 0 Å². The second-order valence-electron chi connectivity index (χ2n) is 5.09. The lowest BCUT2D eigenvalue weighted by Gasteiger charge is -2.14. The number of guanidine groups is 1. The minimum Gasteiger partial charge on any atom is -0.378 e. The molecule has 1 saturated heterocycles. The quantitative estimate of drug-likeness (QED) is 0.310. The first-order valence-corrected chi connectivity index (χ1v) is 7.82. The standard InChI is InChI=1S/C15H23ClN4O.HI/c1-17-15(19-9-7-13-3-2-10-21-13)18-8-6-12-4-5-14(16)20-11-12;/h4-5,11,13H,2-3,6-10H2,1H3,(H2,17,18,19);1H. The van der Waals surface area contributed by atoms with Crippen LogP contribution < -0.4 is 10.6 Å². The summed E-state index contributed by atoms with van der Waals surface area (Å²) in [6, 6.07) is 3.80. The second kappa shape index (κ2) is 11.0. The smallest absolute Gasteiger partial charge is 0.190 e. The highest BCUT2D eigenvalue weighted by Crippen LogP contribution is 2.14. The molecule has 2 heterocycles. The van der Waals surface area contributed by atoms with Gasteiger partial charge in [-0.25, -0.2) is 4.98 Å². The van der Waals surface area contributed by atoms with Gasteiger partial charge in [0.25, 0.3) is 0 Å². The number of hydrogen-bond donors (Lipinski definition) is 2. The van der Waals surface area contributed by atoms with Crippen LogP contribution in [0.2, 0.25) is 5.15 Å². The highest BCUT2D eigenvalue weighted by atomic mass is 127. The summed E-state index contributed by atoms with van der Waals surface area (Å²) in [7, 11) is 1.78. The Kier molecular flexibility index (Phi) is 9.74. The first-order valence-electron chi connectivity index (χ1n) is 7.44. The van der Waals surface area contributed by atoms with E-state index in [0.29, 0.717) is 11.3 Å². The topological polar surface area (TPSA) is 58.5 Å². The lowest BCUT2D eigenvalue weighted by atomic mass is 10.2. The average molecular weight is 439 g/mol. The fraction of sp³-hybridized carbons (Fsp3) is 0.600. The van der Waals surface area contributed by atoms with Crippen LogP contribution in [0.5, 0.6) is 0 Å². The molecule has 0 radical (unpaired) electrons. The number of aromatic nitrogens is 1. The lowest BCUT2D eigenvalue weighted by molar-refractivity contribution is 0.105. The molecule has 2 N–H and O–H groups in total. The number of aliphatic imine (C=N–C) groups is 1. The summed E-state index contributed by atoms with van der Waals surface area (Å²) in [4.78, 5) is 8.28. The molecule has 1 aliphatic heterocycles. The Morgan fingerprint density at radius 2 is 2.23 bits per heavy atom. The molecule has 1 atom stereocenters. The van der Waals surface area contributed by atoms with Crippen molar-refractivity contribution in [2.45, 2.75) is 31.8 Å². The summed E-state index contributed by atoms with van der Waals surface area (Å²) in [6.45, 7) is 2.60. The summed E-state index contributed by atoms with van der Waals surface area (Å²) < 4.78 is 5.60. The fourth-order valence-corrected chi connectivity index (χ4v) is 2.44. The van der Waals surface area contributed by atoms with Gasteiger partial charge in [0, 0.05) is 32.9 Å². The molecule has 2 rings (SSSR count). The van der Waals surface area contributed by atoms with Crippen LogP contribution in [0, 0.1) is 0 Å². The third-order valence-corrected chi connectivity index (χ3v) is 3.72. The Morgan fingerprint density at radius 1 is 1.41 bits per heavy atom. The van der Waals surface area contributed by atoms with Gasteiger partial charge in [-0.05, 0) is 37.3 Å². The monoisotopic (exact) mass is 438 g/mol. The average Bonchev–Trinajstić information content (AvgIpc) is 3.01. The van der Waals surface area contributed by atoms with Crippen LogP contribution >= 0.6 is 35.6 Å². The van der Waals surface area contributed by atoms with Crippen molar-refractivity contribution in [2.75, 3.05) is 26.7 Å². The molecule has 124 valence electrons. The Bertz CT molecular complexity index is 449. The van der Waals surface area contributed by atoms with E-state index in [1.165, 1.54) is 12.8 Å². The van der Waals surface area contributed by atoms with Gasteiger partial charge in [0.15, 0.2) is 5.96 Å². The van der Waals surface area contributed by atoms with E-state index in [-0.39, 0.29) is 24.0 Å². The maximum atomic E-state index is 5.76. The zero-order chi connectivity index (χ0) is 14.9. The van der Waals surface area contributed by atoms with Gasteiger partial charge in [0.1, 0.15) is 5.15 Å². The van der Waals surface area contributed by atoms with E-state index >= 15 is 0 Å². The molecular formula is C15H24ClIN4O. The molecule has 1 aromatic heterocycles. The molecule has 7 heteroatoms. The van der Waals surface area contributed by atoms with Crippen LogP contribution in [0.4, 0.5) is 0 Å². The summed E-state index contributed by atoms with van der Waals surface area (Å²) in [6.07, 6.45) is 6.50. The van der Waals surface area contributed by atoms with Gasteiger partial charge in [0.2, 0.25) is 0 Å². The summed E-state index contributed by atoms with van der Waals surface area (Å²) in [5.74, 6) is 0.829. The van der Waals surface area contributed by atoms with Gasteiger partial charge >= 0.3 is 0 Å². The van der Waals surface area contributed by atoms with Gasteiger partial charge in [-0.2, -0.15) is 0 Å². The predicted octanol–water partition coefficient (Wildman–Crippen LogP) is 2.63. The van der Waals surface area contributed by atoms with E-state index in [0.717, 1.165) is 44.1 Å². The van der Waals surface area contributed by atoms with Crippen molar-refractivity contribution < 1.29 is 4.74 Å². The summed E-state index contributed by atoms with van der Waals surface area (Å²) >= 11 is 5.76. The van der Waals surface area contributed by atoms with E-state index in [1.807, 2.05) is 12.1 Å². The van der Waals surface area contributed by atoms with Crippen molar-refractivity contribution >= 4 is 41.5 Å². The largest absolute Gasteiger partial charge is 0.378 e. The normalized spacial score (nSPS) is 17.9. The number of ether oxygens (including phenoxy) is 1. The second-order valence-corrected chi connectivity index (χ2v) is 5.48. The highest BCUT2D eigenvalue weighted by Gasteiger charge is 2.14. The van der Waals surface area contributed by atoms with E-state index < -0.39 is 0 Å². The SMILES string of the molecule is CN=C(NCCc1ccc(Cl)nc1)NCCC1CCCO1.I. The first kappa shape index (κ1) is 19.4. The molecule has 1 aromatic rings. The third kappa shape index (κ3) is 7.11.